The summed E-state index contributed by atoms with van der Waals surface area (Å²) in [5, 5.41) is 4.75. The van der Waals surface area contributed by atoms with Crippen LogP contribution in [0.1, 0.15) is 38.9 Å². The largest absolute Gasteiger partial charge is 0.461 e. The smallest absolute Gasteiger partial charge is 0.134 e. The third kappa shape index (κ3) is 4.88. The summed E-state index contributed by atoms with van der Waals surface area (Å²) in [7, 11) is 0. The van der Waals surface area contributed by atoms with Crippen molar-refractivity contribution in [3.05, 3.63) is 36.1 Å². The fraction of sp³-hybridized carbons (Fsp3) is 0.500. The molecule has 0 saturated carbocycles. The molecule has 2 nitrogen and oxygen atoms in total. The number of halogens is 1. The van der Waals surface area contributed by atoms with Crippen LogP contribution in [0.15, 0.2) is 34.7 Å². The molecule has 0 bridgehead atoms. The third-order valence-electron chi connectivity index (χ3n) is 3.26. The minimum atomic E-state index is 0. The van der Waals surface area contributed by atoms with Crippen molar-refractivity contribution in [3.63, 3.8) is 0 Å². The zero-order valence-electron chi connectivity index (χ0n) is 11.8. The molecule has 1 aromatic carbocycles. The molecular weight excluding hydrogens is 258 g/mol. The summed E-state index contributed by atoms with van der Waals surface area (Å²) >= 11 is 0. The standard InChI is InChI=1S/C16H23NO.ClH/c1-3-4-7-10-17-13(2)11-15-12-14-8-5-6-9-16(14)18-15;/h5-6,8-9,12-13,17H,3-4,7,10-11H2,1-2H3;1H/t13-;/m1./s1. The maximum atomic E-state index is 5.83. The van der Waals surface area contributed by atoms with Gasteiger partial charge < -0.3 is 9.73 Å². The SMILES string of the molecule is CCCCCN[C@H](C)Cc1cc2ccccc2o1.Cl. The Balaban J connectivity index is 0.00000180. The third-order valence-corrected chi connectivity index (χ3v) is 3.26. The highest BCUT2D eigenvalue weighted by atomic mass is 35.5. The van der Waals surface area contributed by atoms with Crippen LogP contribution in [0.2, 0.25) is 0 Å². The number of furan rings is 1. The van der Waals surface area contributed by atoms with Crippen LogP contribution >= 0.6 is 12.4 Å². The number of para-hydroxylation sites is 1. The Morgan fingerprint density at radius 1 is 1.21 bits per heavy atom. The van der Waals surface area contributed by atoms with Crippen LogP contribution in [0, 0.1) is 0 Å². The molecule has 0 saturated heterocycles. The normalized spacial score (nSPS) is 12.3. The highest BCUT2D eigenvalue weighted by molar-refractivity contribution is 5.85. The molecule has 106 valence electrons. The van der Waals surface area contributed by atoms with E-state index in [0.717, 1.165) is 24.3 Å². The summed E-state index contributed by atoms with van der Waals surface area (Å²) in [6.45, 7) is 5.56. The van der Waals surface area contributed by atoms with Gasteiger partial charge in [0, 0.05) is 17.8 Å². The van der Waals surface area contributed by atoms with Crippen molar-refractivity contribution in [1.29, 1.82) is 0 Å². The highest BCUT2D eigenvalue weighted by Crippen LogP contribution is 2.19. The molecule has 2 rings (SSSR count). The zero-order chi connectivity index (χ0) is 12.8. The molecule has 19 heavy (non-hydrogen) atoms. The first kappa shape index (κ1) is 16.1. The van der Waals surface area contributed by atoms with Gasteiger partial charge >= 0.3 is 0 Å². The van der Waals surface area contributed by atoms with E-state index in [-0.39, 0.29) is 12.4 Å². The van der Waals surface area contributed by atoms with Crippen molar-refractivity contribution < 1.29 is 4.42 Å². The molecule has 0 aliphatic heterocycles. The lowest BCUT2D eigenvalue weighted by Gasteiger charge is -2.11. The van der Waals surface area contributed by atoms with Gasteiger partial charge in [-0.1, -0.05) is 38.0 Å². The summed E-state index contributed by atoms with van der Waals surface area (Å²) in [4.78, 5) is 0. The first-order chi connectivity index (χ1) is 8.79. The highest BCUT2D eigenvalue weighted by Gasteiger charge is 2.07. The van der Waals surface area contributed by atoms with Crippen LogP contribution in [0.4, 0.5) is 0 Å². The van der Waals surface area contributed by atoms with E-state index in [1.807, 2.05) is 18.2 Å². The van der Waals surface area contributed by atoms with E-state index in [1.54, 1.807) is 0 Å². The first-order valence-corrected chi connectivity index (χ1v) is 7.00. The lowest BCUT2D eigenvalue weighted by Crippen LogP contribution is -2.28. The molecule has 2 aromatic rings. The molecular formula is C16H24ClNO. The minimum absolute atomic E-state index is 0. The minimum Gasteiger partial charge on any atom is -0.461 e. The average Bonchev–Trinajstić information content (AvgIpc) is 2.76. The van der Waals surface area contributed by atoms with Crippen LogP contribution in [-0.2, 0) is 6.42 Å². The lowest BCUT2D eigenvalue weighted by molar-refractivity contribution is 0.469. The second-order valence-electron chi connectivity index (χ2n) is 5.02. The van der Waals surface area contributed by atoms with Gasteiger partial charge in [-0.25, -0.2) is 0 Å². The van der Waals surface area contributed by atoms with E-state index in [0.29, 0.717) is 6.04 Å². The van der Waals surface area contributed by atoms with E-state index in [2.05, 4.69) is 31.3 Å². The molecule has 0 fully saturated rings. The Morgan fingerprint density at radius 3 is 2.74 bits per heavy atom. The van der Waals surface area contributed by atoms with Crippen molar-refractivity contribution in [3.8, 4) is 0 Å². The molecule has 0 amide bonds. The second-order valence-corrected chi connectivity index (χ2v) is 5.02. The van der Waals surface area contributed by atoms with Crippen molar-refractivity contribution in [1.82, 2.24) is 5.32 Å². The molecule has 1 aromatic heterocycles. The number of hydrogen-bond acceptors (Lipinski definition) is 2. The zero-order valence-corrected chi connectivity index (χ0v) is 12.6. The summed E-state index contributed by atoms with van der Waals surface area (Å²) in [5.74, 6) is 1.08. The lowest BCUT2D eigenvalue weighted by atomic mass is 10.1. The Kier molecular flexibility index (Phi) is 6.96. The quantitative estimate of drug-likeness (QED) is 0.752. The number of nitrogens with one attached hydrogen (secondary N) is 1. The van der Waals surface area contributed by atoms with Gasteiger partial charge in [-0.3, -0.25) is 0 Å². The summed E-state index contributed by atoms with van der Waals surface area (Å²) in [5.41, 5.74) is 0.991. The fourth-order valence-electron chi connectivity index (χ4n) is 2.23. The van der Waals surface area contributed by atoms with Gasteiger partial charge in [0.15, 0.2) is 0 Å². The molecule has 0 spiro atoms. The summed E-state index contributed by atoms with van der Waals surface area (Å²) in [6, 6.07) is 10.8. The second kappa shape index (κ2) is 8.23. The molecule has 1 N–H and O–H groups in total. The van der Waals surface area contributed by atoms with E-state index in [4.69, 9.17) is 4.42 Å². The van der Waals surface area contributed by atoms with Crippen molar-refractivity contribution >= 4 is 23.4 Å². The van der Waals surface area contributed by atoms with E-state index in [1.165, 1.54) is 24.6 Å². The van der Waals surface area contributed by atoms with Crippen molar-refractivity contribution in [2.24, 2.45) is 0 Å². The predicted octanol–water partition coefficient (Wildman–Crippen LogP) is 4.57. The van der Waals surface area contributed by atoms with Gasteiger partial charge in [-0.05, 0) is 32.0 Å². The Bertz CT molecular complexity index is 447. The van der Waals surface area contributed by atoms with E-state index >= 15 is 0 Å². The number of rotatable bonds is 7. The van der Waals surface area contributed by atoms with Crippen LogP contribution in [-0.4, -0.2) is 12.6 Å². The maximum Gasteiger partial charge on any atom is 0.134 e. The van der Waals surface area contributed by atoms with Gasteiger partial charge in [0.25, 0.3) is 0 Å². The van der Waals surface area contributed by atoms with Crippen molar-refractivity contribution in [2.75, 3.05) is 6.54 Å². The van der Waals surface area contributed by atoms with Gasteiger partial charge in [0.1, 0.15) is 11.3 Å². The topological polar surface area (TPSA) is 25.2 Å². The average molecular weight is 282 g/mol. The fourth-order valence-corrected chi connectivity index (χ4v) is 2.23. The summed E-state index contributed by atoms with van der Waals surface area (Å²) in [6.07, 6.45) is 4.81. The Labute approximate surface area is 122 Å². The Hall–Kier alpha value is -0.990. The van der Waals surface area contributed by atoms with E-state index < -0.39 is 0 Å². The Morgan fingerprint density at radius 2 is 2.00 bits per heavy atom. The number of benzene rings is 1. The number of unbranched alkanes of at least 4 members (excludes halogenated alkanes) is 2. The molecule has 1 atom stereocenters. The number of fused-ring (bicyclic) bond motifs is 1. The van der Waals surface area contributed by atoms with E-state index in [9.17, 15) is 0 Å². The van der Waals surface area contributed by atoms with Crippen LogP contribution in [0.25, 0.3) is 11.0 Å². The van der Waals surface area contributed by atoms with Crippen molar-refractivity contribution in [2.45, 2.75) is 45.6 Å². The molecule has 1 heterocycles. The van der Waals surface area contributed by atoms with Crippen LogP contribution < -0.4 is 5.32 Å². The first-order valence-electron chi connectivity index (χ1n) is 7.00. The van der Waals surface area contributed by atoms with Gasteiger partial charge in [-0.15, -0.1) is 12.4 Å². The monoisotopic (exact) mass is 281 g/mol. The molecule has 3 heteroatoms. The van der Waals surface area contributed by atoms with Crippen LogP contribution in [0.5, 0.6) is 0 Å². The van der Waals surface area contributed by atoms with Gasteiger partial charge in [0.05, 0.1) is 0 Å². The molecule has 0 aliphatic rings. The number of hydrogen-bond donors (Lipinski definition) is 1. The van der Waals surface area contributed by atoms with Crippen LogP contribution in [0.3, 0.4) is 0 Å². The summed E-state index contributed by atoms with van der Waals surface area (Å²) < 4.78 is 5.83. The van der Waals surface area contributed by atoms with Gasteiger partial charge in [-0.2, -0.15) is 0 Å². The molecule has 0 aliphatic carbocycles. The van der Waals surface area contributed by atoms with Gasteiger partial charge in [0.2, 0.25) is 0 Å². The maximum absolute atomic E-state index is 5.83. The molecule has 0 radical (unpaired) electrons. The predicted molar refractivity (Wildman–Crippen MR) is 84.2 cm³/mol. The molecule has 0 unspecified atom stereocenters.